The number of benzene rings is 3. The van der Waals surface area contributed by atoms with E-state index in [9.17, 15) is 10.1 Å². The van der Waals surface area contributed by atoms with Gasteiger partial charge >= 0.3 is 7.12 Å². The van der Waals surface area contributed by atoms with Crippen LogP contribution < -0.4 is 10.4 Å². The summed E-state index contributed by atoms with van der Waals surface area (Å²) < 4.78 is 13.3. The third kappa shape index (κ3) is 8.00. The number of phenols is 1. The summed E-state index contributed by atoms with van der Waals surface area (Å²) in [6.45, 7) is 13.8. The van der Waals surface area contributed by atoms with Crippen LogP contribution in [0.2, 0.25) is 16.4 Å². The van der Waals surface area contributed by atoms with Crippen LogP contribution in [-0.2, 0) is 9.08 Å². The Labute approximate surface area is 264 Å². The first-order valence-corrected chi connectivity index (χ1v) is 17.5. The number of halogens is 1. The summed E-state index contributed by atoms with van der Waals surface area (Å²) >= 11 is 6.40. The molecule has 2 N–H and O–H groups in total. The van der Waals surface area contributed by atoms with Gasteiger partial charge in [0.2, 0.25) is 0 Å². The highest BCUT2D eigenvalue weighted by Crippen LogP contribution is 2.38. The molecular weight excluding hydrogens is 571 g/mol. The highest BCUT2D eigenvalue weighted by molar-refractivity contribution is 6.99. The molecule has 4 rings (SSSR count). The molecule has 3 aromatic rings. The van der Waals surface area contributed by atoms with E-state index in [-0.39, 0.29) is 16.9 Å². The number of allylic oxidation sites excluding steroid dienone is 2. The molecule has 0 saturated heterocycles. The maximum absolute atomic E-state index is 10.4. The van der Waals surface area contributed by atoms with Crippen LogP contribution in [0.5, 0.6) is 5.75 Å². The first-order valence-electron chi connectivity index (χ1n) is 15.2. The maximum atomic E-state index is 10.4. The zero-order valence-electron chi connectivity index (χ0n) is 25.9. The van der Waals surface area contributed by atoms with Gasteiger partial charge in [-0.25, -0.2) is 0 Å². The number of hydrogen-bond donors (Lipinski definition) is 2. The fraction of sp³-hybridized carbons (Fsp3) is 0.333. The maximum Gasteiger partial charge on any atom is 0.458 e. The molecule has 0 aromatic heterocycles. The van der Waals surface area contributed by atoms with Gasteiger partial charge < -0.3 is 19.2 Å². The standard InChI is InChI=1S/C36H44BClO4Si/c1-6-13-28(24-29-19-20-30(39)25-34(29)38)18-21-35-33(22-23-37(40)42-35)27(2)26-41-43(36(3,4)5,31-14-9-7-10-15-31)32-16-11-8-12-17-32/h7-12,14-17,19-20,22,24-25,35,39-40H,2,6,13,18,21,23,26H2,1,3-5H3/b28-24+. The van der Waals surface area contributed by atoms with Gasteiger partial charge in [-0.1, -0.05) is 131 Å². The summed E-state index contributed by atoms with van der Waals surface area (Å²) in [5.41, 5.74) is 4.01. The van der Waals surface area contributed by atoms with Gasteiger partial charge in [-0.3, -0.25) is 0 Å². The molecule has 0 radical (unpaired) electrons. The van der Waals surface area contributed by atoms with E-state index in [4.69, 9.17) is 20.7 Å². The molecule has 1 aliphatic rings. The summed E-state index contributed by atoms with van der Waals surface area (Å²) in [5, 5.41) is 23.0. The van der Waals surface area contributed by atoms with Crippen molar-refractivity contribution in [2.45, 2.75) is 70.8 Å². The smallest absolute Gasteiger partial charge is 0.458 e. The van der Waals surface area contributed by atoms with E-state index in [1.807, 2.05) is 18.2 Å². The van der Waals surface area contributed by atoms with Gasteiger partial charge in [-0.05, 0) is 69.6 Å². The van der Waals surface area contributed by atoms with Gasteiger partial charge in [0.05, 0.1) is 17.7 Å². The van der Waals surface area contributed by atoms with Gasteiger partial charge in [0.1, 0.15) is 5.75 Å². The molecule has 0 amide bonds. The lowest BCUT2D eigenvalue weighted by Gasteiger charge is -2.43. The van der Waals surface area contributed by atoms with Crippen LogP contribution in [0.1, 0.15) is 58.9 Å². The zero-order valence-corrected chi connectivity index (χ0v) is 27.6. The summed E-state index contributed by atoms with van der Waals surface area (Å²) in [6, 6.07) is 26.3. The lowest BCUT2D eigenvalue weighted by molar-refractivity contribution is 0.180. The lowest BCUT2D eigenvalue weighted by atomic mass is 9.78. The molecule has 1 aliphatic heterocycles. The predicted molar refractivity (Wildman–Crippen MR) is 184 cm³/mol. The molecule has 4 nitrogen and oxygen atoms in total. The molecule has 226 valence electrons. The Bertz CT molecular complexity index is 1390. The van der Waals surface area contributed by atoms with Crippen LogP contribution in [0.15, 0.2) is 108 Å². The predicted octanol–water partition coefficient (Wildman–Crippen LogP) is 7.95. The first kappa shape index (κ1) is 33.0. The molecule has 3 aromatic carbocycles. The average molecular weight is 615 g/mol. The molecule has 1 unspecified atom stereocenters. The quantitative estimate of drug-likeness (QED) is 0.203. The van der Waals surface area contributed by atoms with E-state index < -0.39 is 15.4 Å². The van der Waals surface area contributed by atoms with Crippen molar-refractivity contribution in [2.24, 2.45) is 0 Å². The van der Waals surface area contributed by atoms with Gasteiger partial charge in [0, 0.05) is 6.32 Å². The highest BCUT2D eigenvalue weighted by Gasteiger charge is 2.50. The second kappa shape index (κ2) is 14.7. The second-order valence-corrected chi connectivity index (χ2v) is 17.0. The summed E-state index contributed by atoms with van der Waals surface area (Å²) in [4.78, 5) is 0. The molecule has 0 bridgehead atoms. The number of rotatable bonds is 12. The zero-order chi connectivity index (χ0) is 31.0. The largest absolute Gasteiger partial charge is 0.508 e. The van der Waals surface area contributed by atoms with Crippen LogP contribution in [0.25, 0.3) is 6.08 Å². The highest BCUT2D eigenvalue weighted by atomic mass is 35.5. The minimum atomic E-state index is -2.73. The van der Waals surface area contributed by atoms with E-state index in [1.54, 1.807) is 12.1 Å². The van der Waals surface area contributed by atoms with Crippen LogP contribution in [0.4, 0.5) is 0 Å². The third-order valence-electron chi connectivity index (χ3n) is 8.14. The van der Waals surface area contributed by atoms with Crippen molar-refractivity contribution in [3.05, 3.63) is 119 Å². The lowest BCUT2D eigenvalue weighted by Crippen LogP contribution is -2.66. The molecule has 7 heteroatoms. The molecular formula is C36H44BClO4Si. The van der Waals surface area contributed by atoms with E-state index in [0.29, 0.717) is 24.4 Å². The minimum Gasteiger partial charge on any atom is -0.508 e. The van der Waals surface area contributed by atoms with Crippen molar-refractivity contribution >= 4 is 43.5 Å². The number of aromatic hydroxyl groups is 1. The SMILES string of the molecule is C=C(CO[Si](c1ccccc1)(c1ccccc1)C(C)(C)C)C1=CCB(O)OC1CC/C(=C/c1ccc(O)cc1Cl)CCC. The topological polar surface area (TPSA) is 58.9 Å². The van der Waals surface area contributed by atoms with Crippen LogP contribution >= 0.6 is 11.6 Å². The Morgan fingerprint density at radius 2 is 1.67 bits per heavy atom. The Morgan fingerprint density at radius 3 is 2.23 bits per heavy atom. The molecule has 0 saturated carbocycles. The number of phenolic OH excluding ortho intramolecular Hbond substituents is 1. The van der Waals surface area contributed by atoms with Crippen molar-refractivity contribution in [1.29, 1.82) is 0 Å². The first-order chi connectivity index (χ1) is 20.5. The molecule has 43 heavy (non-hydrogen) atoms. The molecule has 1 heterocycles. The van der Waals surface area contributed by atoms with E-state index >= 15 is 0 Å². The van der Waals surface area contributed by atoms with Gasteiger partial charge in [0.25, 0.3) is 8.32 Å². The van der Waals surface area contributed by atoms with E-state index in [1.165, 1.54) is 15.9 Å². The van der Waals surface area contributed by atoms with E-state index in [2.05, 4.69) is 95.0 Å². The van der Waals surface area contributed by atoms with Crippen molar-refractivity contribution in [3.63, 3.8) is 0 Å². The Kier molecular flexibility index (Phi) is 11.3. The summed E-state index contributed by atoms with van der Waals surface area (Å²) in [5.74, 6) is 0.150. The third-order valence-corrected chi connectivity index (χ3v) is 13.4. The summed E-state index contributed by atoms with van der Waals surface area (Å²) in [6.07, 6.45) is 7.69. The van der Waals surface area contributed by atoms with Crippen molar-refractivity contribution in [2.75, 3.05) is 6.61 Å². The molecule has 0 fully saturated rings. The summed E-state index contributed by atoms with van der Waals surface area (Å²) in [7, 11) is -3.57. The number of hydrogen-bond acceptors (Lipinski definition) is 4. The van der Waals surface area contributed by atoms with Gasteiger partial charge in [0.15, 0.2) is 0 Å². The van der Waals surface area contributed by atoms with Crippen LogP contribution in [-0.4, -0.2) is 38.3 Å². The van der Waals surface area contributed by atoms with Crippen LogP contribution in [0, 0.1) is 0 Å². The minimum absolute atomic E-state index is 0.140. The fourth-order valence-electron chi connectivity index (χ4n) is 6.07. The monoisotopic (exact) mass is 614 g/mol. The second-order valence-electron chi connectivity index (χ2n) is 12.3. The van der Waals surface area contributed by atoms with Gasteiger partial charge in [-0.2, -0.15) is 0 Å². The van der Waals surface area contributed by atoms with Crippen molar-refractivity contribution in [3.8, 4) is 5.75 Å². The van der Waals surface area contributed by atoms with Gasteiger partial charge in [-0.15, -0.1) is 0 Å². The fourth-order valence-corrected chi connectivity index (χ4v) is 10.8. The Morgan fingerprint density at radius 1 is 1.05 bits per heavy atom. The van der Waals surface area contributed by atoms with Crippen molar-refractivity contribution in [1.82, 2.24) is 0 Å². The average Bonchev–Trinajstić information content (AvgIpc) is 2.98. The van der Waals surface area contributed by atoms with E-state index in [0.717, 1.165) is 36.0 Å². The molecule has 1 atom stereocenters. The molecule has 0 spiro atoms. The molecule has 0 aliphatic carbocycles. The Balaban J connectivity index is 1.58. The van der Waals surface area contributed by atoms with Crippen LogP contribution in [0.3, 0.4) is 0 Å². The normalized spacial score (nSPS) is 16.2. The Hall–Kier alpha value is -2.87. The van der Waals surface area contributed by atoms with Crippen molar-refractivity contribution < 1.29 is 19.2 Å².